The number of rotatable bonds is 5. The Kier molecular flexibility index (Phi) is 4.57. The van der Waals surface area contributed by atoms with Gasteiger partial charge in [-0.05, 0) is 18.4 Å². The molecule has 2 N–H and O–H groups in total. The van der Waals surface area contributed by atoms with E-state index in [1.54, 1.807) is 0 Å². The Morgan fingerprint density at radius 2 is 2.00 bits per heavy atom. The normalized spacial score (nSPS) is 9.67. The summed E-state index contributed by atoms with van der Waals surface area (Å²) >= 11 is 0. The van der Waals surface area contributed by atoms with Gasteiger partial charge >= 0.3 is 5.97 Å². The summed E-state index contributed by atoms with van der Waals surface area (Å²) in [7, 11) is 0. The third kappa shape index (κ3) is 3.95. The summed E-state index contributed by atoms with van der Waals surface area (Å²) in [5.74, 6) is -0.409. The van der Waals surface area contributed by atoms with E-state index in [1.165, 1.54) is 5.56 Å². The van der Waals surface area contributed by atoms with E-state index in [-0.39, 0.29) is 6.73 Å². The van der Waals surface area contributed by atoms with E-state index in [0.717, 1.165) is 6.42 Å². The summed E-state index contributed by atoms with van der Waals surface area (Å²) in [5.41, 5.74) is 6.73. The molecule has 0 saturated heterocycles. The lowest BCUT2D eigenvalue weighted by Gasteiger charge is -2.04. The van der Waals surface area contributed by atoms with E-state index in [9.17, 15) is 4.79 Å². The lowest BCUT2D eigenvalue weighted by molar-refractivity contribution is -0.138. The summed E-state index contributed by atoms with van der Waals surface area (Å²) < 4.78 is 4.63. The van der Waals surface area contributed by atoms with Crippen LogP contribution in [0.2, 0.25) is 0 Å². The lowest BCUT2D eigenvalue weighted by Crippen LogP contribution is -2.13. The van der Waals surface area contributed by atoms with Crippen LogP contribution in [0, 0.1) is 0 Å². The van der Waals surface area contributed by atoms with E-state index in [0.29, 0.717) is 12.0 Å². The van der Waals surface area contributed by atoms with Crippen LogP contribution in [0.1, 0.15) is 12.0 Å². The lowest BCUT2D eigenvalue weighted by atomic mass is 10.1. The van der Waals surface area contributed by atoms with Gasteiger partial charge in [-0.1, -0.05) is 36.9 Å². The molecule has 0 atom stereocenters. The van der Waals surface area contributed by atoms with Crippen molar-refractivity contribution in [3.8, 4) is 0 Å². The Morgan fingerprint density at radius 1 is 1.33 bits per heavy atom. The van der Waals surface area contributed by atoms with Crippen molar-refractivity contribution in [2.75, 3.05) is 6.73 Å². The Bertz CT molecular complexity index is 333. The van der Waals surface area contributed by atoms with Crippen molar-refractivity contribution in [1.82, 2.24) is 0 Å². The summed E-state index contributed by atoms with van der Waals surface area (Å²) in [6, 6.07) is 9.93. The number of hydrogen-bond acceptors (Lipinski definition) is 3. The fraction of sp³-hybridized carbons (Fsp3) is 0.250. The molecule has 0 aromatic heterocycles. The molecule has 15 heavy (non-hydrogen) atoms. The number of ether oxygens (including phenoxy) is 1. The molecule has 0 heterocycles. The van der Waals surface area contributed by atoms with Crippen LogP contribution >= 0.6 is 0 Å². The number of benzene rings is 1. The van der Waals surface area contributed by atoms with Gasteiger partial charge in [-0.15, -0.1) is 0 Å². The Hall–Kier alpha value is -1.61. The topological polar surface area (TPSA) is 52.3 Å². The predicted molar refractivity (Wildman–Crippen MR) is 59.0 cm³/mol. The zero-order valence-corrected chi connectivity index (χ0v) is 8.61. The molecule has 3 nitrogen and oxygen atoms in total. The second kappa shape index (κ2) is 5.98. The average Bonchev–Trinajstić information content (AvgIpc) is 2.27. The summed E-state index contributed by atoms with van der Waals surface area (Å²) in [6.45, 7) is 3.56. The Balaban J connectivity index is 2.38. The van der Waals surface area contributed by atoms with Crippen LogP contribution in [-0.4, -0.2) is 12.7 Å². The van der Waals surface area contributed by atoms with Gasteiger partial charge in [0.05, 0.1) is 0 Å². The van der Waals surface area contributed by atoms with Gasteiger partial charge in [-0.2, -0.15) is 0 Å². The van der Waals surface area contributed by atoms with Gasteiger partial charge in [-0.3, -0.25) is 5.73 Å². The van der Waals surface area contributed by atoms with Gasteiger partial charge in [0.1, 0.15) is 6.73 Å². The molecule has 0 aliphatic rings. The van der Waals surface area contributed by atoms with E-state index >= 15 is 0 Å². The second-order valence-corrected chi connectivity index (χ2v) is 3.19. The molecule has 0 fully saturated rings. The maximum Gasteiger partial charge on any atom is 0.334 e. The van der Waals surface area contributed by atoms with Crippen LogP contribution < -0.4 is 5.73 Å². The molecule has 0 spiro atoms. The second-order valence-electron chi connectivity index (χ2n) is 3.19. The fourth-order valence-corrected chi connectivity index (χ4v) is 1.22. The molecule has 0 amide bonds. The van der Waals surface area contributed by atoms with Crippen LogP contribution in [0.5, 0.6) is 0 Å². The summed E-state index contributed by atoms with van der Waals surface area (Å²) in [6.07, 6.45) is 1.39. The summed E-state index contributed by atoms with van der Waals surface area (Å²) in [4.78, 5) is 11.2. The van der Waals surface area contributed by atoms with E-state index in [1.807, 2.05) is 30.3 Å². The molecule has 0 saturated carbocycles. The van der Waals surface area contributed by atoms with Gasteiger partial charge in [0.25, 0.3) is 0 Å². The molecule has 3 heteroatoms. The first-order valence-corrected chi connectivity index (χ1v) is 4.83. The predicted octanol–water partition coefficient (Wildman–Crippen LogP) is 1.63. The van der Waals surface area contributed by atoms with Crippen molar-refractivity contribution in [3.05, 3.63) is 48.0 Å². The highest BCUT2D eigenvalue weighted by Crippen LogP contribution is 2.08. The van der Waals surface area contributed by atoms with Crippen molar-refractivity contribution < 1.29 is 9.53 Å². The molecule has 1 aromatic carbocycles. The SMILES string of the molecule is C=C(CCc1ccccc1)C(=O)OCN. The molecular weight excluding hydrogens is 190 g/mol. The molecule has 0 aliphatic heterocycles. The van der Waals surface area contributed by atoms with Gasteiger partial charge in [-0.25, -0.2) is 4.79 Å². The first-order chi connectivity index (χ1) is 7.24. The van der Waals surface area contributed by atoms with Gasteiger partial charge in [0.2, 0.25) is 0 Å². The molecular formula is C12H15NO2. The zero-order valence-electron chi connectivity index (χ0n) is 8.61. The number of hydrogen-bond donors (Lipinski definition) is 1. The first kappa shape index (κ1) is 11.5. The van der Waals surface area contributed by atoms with E-state index in [4.69, 9.17) is 5.73 Å². The van der Waals surface area contributed by atoms with Crippen molar-refractivity contribution >= 4 is 5.97 Å². The van der Waals surface area contributed by atoms with Crippen LogP contribution in [0.3, 0.4) is 0 Å². The maximum absolute atomic E-state index is 11.2. The average molecular weight is 205 g/mol. The third-order valence-electron chi connectivity index (χ3n) is 2.06. The molecule has 0 unspecified atom stereocenters. The minimum absolute atomic E-state index is 0.0941. The molecule has 0 radical (unpaired) electrons. The van der Waals surface area contributed by atoms with Crippen LogP contribution in [0.25, 0.3) is 0 Å². The highest BCUT2D eigenvalue weighted by Gasteiger charge is 2.07. The van der Waals surface area contributed by atoms with Crippen molar-refractivity contribution in [3.63, 3.8) is 0 Å². The first-order valence-electron chi connectivity index (χ1n) is 4.83. The van der Waals surface area contributed by atoms with Gasteiger partial charge < -0.3 is 4.74 Å². The highest BCUT2D eigenvalue weighted by atomic mass is 16.5. The number of carbonyl (C=O) groups excluding carboxylic acids is 1. The molecule has 80 valence electrons. The monoisotopic (exact) mass is 205 g/mol. The largest absolute Gasteiger partial charge is 0.447 e. The minimum atomic E-state index is -0.409. The molecule has 1 aromatic rings. The molecule has 0 aliphatic carbocycles. The van der Waals surface area contributed by atoms with E-state index in [2.05, 4.69) is 11.3 Å². The van der Waals surface area contributed by atoms with Crippen LogP contribution in [0.4, 0.5) is 0 Å². The maximum atomic E-state index is 11.2. The Labute approximate surface area is 89.5 Å². The van der Waals surface area contributed by atoms with Gasteiger partial charge in [0.15, 0.2) is 0 Å². The number of esters is 1. The summed E-state index contributed by atoms with van der Waals surface area (Å²) in [5, 5.41) is 0. The van der Waals surface area contributed by atoms with Gasteiger partial charge in [0, 0.05) is 5.57 Å². The van der Waals surface area contributed by atoms with E-state index < -0.39 is 5.97 Å². The number of nitrogens with two attached hydrogens (primary N) is 1. The van der Waals surface area contributed by atoms with Crippen LogP contribution in [0.15, 0.2) is 42.5 Å². The van der Waals surface area contributed by atoms with Crippen molar-refractivity contribution in [2.45, 2.75) is 12.8 Å². The smallest absolute Gasteiger partial charge is 0.334 e. The van der Waals surface area contributed by atoms with Crippen LogP contribution in [-0.2, 0) is 16.0 Å². The van der Waals surface area contributed by atoms with Crippen molar-refractivity contribution in [1.29, 1.82) is 0 Å². The molecule has 0 bridgehead atoms. The number of carbonyl (C=O) groups is 1. The Morgan fingerprint density at radius 3 is 2.60 bits per heavy atom. The quantitative estimate of drug-likeness (QED) is 0.451. The molecule has 1 rings (SSSR count). The fourth-order valence-electron chi connectivity index (χ4n) is 1.22. The van der Waals surface area contributed by atoms with Crippen molar-refractivity contribution in [2.24, 2.45) is 5.73 Å². The highest BCUT2D eigenvalue weighted by molar-refractivity contribution is 5.87. The standard InChI is InChI=1S/C12H15NO2/c1-10(12(14)15-9-13)7-8-11-5-3-2-4-6-11/h2-6H,1,7-9,13H2. The zero-order chi connectivity index (χ0) is 11.1. The minimum Gasteiger partial charge on any atom is -0.447 e. The third-order valence-corrected chi connectivity index (χ3v) is 2.06. The number of aryl methyl sites for hydroxylation is 1.